The zero-order valence-electron chi connectivity index (χ0n) is 12.5. The van der Waals surface area contributed by atoms with Gasteiger partial charge >= 0.3 is 0 Å². The molecule has 0 heterocycles. The summed E-state index contributed by atoms with van der Waals surface area (Å²) in [4.78, 5) is 13.1. The molecule has 2 rings (SSSR count). The number of thioether (sulfide) groups is 1. The van der Waals surface area contributed by atoms with Crippen LogP contribution >= 0.6 is 11.8 Å². The maximum absolute atomic E-state index is 11.9. The molecule has 0 bridgehead atoms. The molecule has 2 N–H and O–H groups in total. The van der Waals surface area contributed by atoms with Crippen molar-refractivity contribution in [3.63, 3.8) is 0 Å². The normalized spacial score (nSPS) is 22.0. The zero-order chi connectivity index (χ0) is 14.9. The topological polar surface area (TPSA) is 49.3 Å². The van der Waals surface area contributed by atoms with Gasteiger partial charge in [0.1, 0.15) is 0 Å². The van der Waals surface area contributed by atoms with Gasteiger partial charge in [-0.05, 0) is 36.8 Å². The summed E-state index contributed by atoms with van der Waals surface area (Å²) in [6, 6.07) is 10.2. The fraction of sp³-hybridized carbons (Fsp3) is 0.588. The van der Waals surface area contributed by atoms with Gasteiger partial charge < -0.3 is 10.4 Å². The van der Waals surface area contributed by atoms with Gasteiger partial charge in [-0.3, -0.25) is 4.79 Å². The first-order valence-electron chi connectivity index (χ1n) is 7.85. The summed E-state index contributed by atoms with van der Waals surface area (Å²) in [6.45, 7) is 0.977. The number of hydrogen-bond acceptors (Lipinski definition) is 3. The van der Waals surface area contributed by atoms with Gasteiger partial charge in [0, 0.05) is 30.2 Å². The summed E-state index contributed by atoms with van der Waals surface area (Å²) in [5.41, 5.74) is 0. The second-order valence-corrected chi connectivity index (χ2v) is 6.87. The van der Waals surface area contributed by atoms with E-state index in [2.05, 4.69) is 17.4 Å². The smallest absolute Gasteiger partial charge is 0.220 e. The quantitative estimate of drug-likeness (QED) is 0.761. The van der Waals surface area contributed by atoms with Crippen LogP contribution in [0.3, 0.4) is 0 Å². The van der Waals surface area contributed by atoms with E-state index in [9.17, 15) is 9.90 Å². The number of aliphatic hydroxyl groups is 1. The van der Waals surface area contributed by atoms with Gasteiger partial charge in [0.2, 0.25) is 5.91 Å². The van der Waals surface area contributed by atoms with Gasteiger partial charge in [-0.1, -0.05) is 31.0 Å². The van der Waals surface area contributed by atoms with E-state index in [4.69, 9.17) is 0 Å². The molecule has 1 aromatic rings. The molecule has 2 atom stereocenters. The molecule has 0 aromatic heterocycles. The monoisotopic (exact) mass is 307 g/mol. The Morgan fingerprint density at radius 2 is 1.90 bits per heavy atom. The molecule has 2 unspecified atom stereocenters. The molecule has 3 nitrogen and oxygen atoms in total. The van der Waals surface area contributed by atoms with Crippen LogP contribution in [0.25, 0.3) is 0 Å². The van der Waals surface area contributed by atoms with Gasteiger partial charge in [0.05, 0.1) is 0 Å². The van der Waals surface area contributed by atoms with Crippen LogP contribution in [0.4, 0.5) is 0 Å². The summed E-state index contributed by atoms with van der Waals surface area (Å²) in [5, 5.41) is 12.4. The van der Waals surface area contributed by atoms with E-state index in [-0.39, 0.29) is 12.5 Å². The first kappa shape index (κ1) is 16.4. The van der Waals surface area contributed by atoms with Crippen LogP contribution in [-0.2, 0) is 4.79 Å². The summed E-state index contributed by atoms with van der Waals surface area (Å²) >= 11 is 1.71. The second kappa shape index (κ2) is 9.11. The molecule has 1 saturated carbocycles. The molecule has 4 heteroatoms. The number of amides is 1. The van der Waals surface area contributed by atoms with E-state index < -0.39 is 0 Å². The van der Waals surface area contributed by atoms with E-state index in [1.807, 2.05) is 18.2 Å². The van der Waals surface area contributed by atoms with Crippen LogP contribution in [0, 0.1) is 11.8 Å². The predicted molar refractivity (Wildman–Crippen MR) is 87.3 cm³/mol. The van der Waals surface area contributed by atoms with Crippen molar-refractivity contribution in [3.05, 3.63) is 30.3 Å². The van der Waals surface area contributed by atoms with Gasteiger partial charge in [0.15, 0.2) is 0 Å². The van der Waals surface area contributed by atoms with E-state index in [1.54, 1.807) is 11.8 Å². The predicted octanol–water partition coefficient (Wildman–Crippen LogP) is 3.08. The van der Waals surface area contributed by atoms with E-state index in [0.717, 1.165) is 25.1 Å². The number of carbonyl (C=O) groups excluding carboxylic acids is 1. The molecule has 1 fully saturated rings. The SMILES string of the molecule is O=C(CCSc1ccccc1)NCC1CCCCC1CO. The molecule has 1 amide bonds. The van der Waals surface area contributed by atoms with Crippen LogP contribution < -0.4 is 5.32 Å². The molecule has 21 heavy (non-hydrogen) atoms. The average molecular weight is 307 g/mol. The van der Waals surface area contributed by atoms with Crippen molar-refractivity contribution in [3.8, 4) is 0 Å². The molecule has 0 aliphatic heterocycles. The highest BCUT2D eigenvalue weighted by atomic mass is 32.2. The Labute approximate surface area is 131 Å². The van der Waals surface area contributed by atoms with Crippen molar-refractivity contribution >= 4 is 17.7 Å². The van der Waals surface area contributed by atoms with E-state index in [1.165, 1.54) is 17.7 Å². The fourth-order valence-electron chi connectivity index (χ4n) is 2.91. The van der Waals surface area contributed by atoms with Crippen molar-refractivity contribution < 1.29 is 9.90 Å². The van der Waals surface area contributed by atoms with Crippen molar-refractivity contribution in [1.82, 2.24) is 5.32 Å². The second-order valence-electron chi connectivity index (χ2n) is 5.70. The highest BCUT2D eigenvalue weighted by Crippen LogP contribution is 2.29. The van der Waals surface area contributed by atoms with Crippen molar-refractivity contribution in [2.75, 3.05) is 18.9 Å². The summed E-state index contributed by atoms with van der Waals surface area (Å²) in [7, 11) is 0. The lowest BCUT2D eigenvalue weighted by atomic mass is 9.79. The van der Waals surface area contributed by atoms with Gasteiger partial charge in [-0.2, -0.15) is 0 Å². The minimum atomic E-state index is 0.126. The van der Waals surface area contributed by atoms with Gasteiger partial charge in [0.25, 0.3) is 0 Å². The van der Waals surface area contributed by atoms with Gasteiger partial charge in [-0.15, -0.1) is 11.8 Å². The van der Waals surface area contributed by atoms with Crippen molar-refractivity contribution in [2.24, 2.45) is 11.8 Å². The summed E-state index contributed by atoms with van der Waals surface area (Å²) in [5.74, 6) is 1.76. The lowest BCUT2D eigenvalue weighted by molar-refractivity contribution is -0.121. The summed E-state index contributed by atoms with van der Waals surface area (Å²) in [6.07, 6.45) is 5.21. The minimum absolute atomic E-state index is 0.126. The Hall–Kier alpha value is -1.00. The lowest BCUT2D eigenvalue weighted by Gasteiger charge is -2.30. The molecule has 0 saturated heterocycles. The molecule has 116 valence electrons. The van der Waals surface area contributed by atoms with Crippen molar-refractivity contribution in [2.45, 2.75) is 37.0 Å². The number of aliphatic hydroxyl groups excluding tert-OH is 1. The molecule has 1 aromatic carbocycles. The molecule has 1 aliphatic carbocycles. The number of carbonyl (C=O) groups is 1. The Bertz CT molecular complexity index is 424. The number of benzene rings is 1. The molecule has 0 radical (unpaired) electrons. The maximum atomic E-state index is 11.9. The molecule has 0 spiro atoms. The van der Waals surface area contributed by atoms with E-state index in [0.29, 0.717) is 18.3 Å². The number of nitrogens with one attached hydrogen (secondary N) is 1. The Balaban J connectivity index is 1.63. The zero-order valence-corrected chi connectivity index (χ0v) is 13.3. The lowest BCUT2D eigenvalue weighted by Crippen LogP contribution is -2.35. The minimum Gasteiger partial charge on any atom is -0.396 e. The first-order chi connectivity index (χ1) is 10.3. The number of rotatable bonds is 7. The Kier molecular flexibility index (Phi) is 7.10. The standard InChI is InChI=1S/C17H25NO2S/c19-13-15-7-5-4-6-14(15)12-18-17(20)10-11-21-16-8-2-1-3-9-16/h1-3,8-9,14-15,19H,4-7,10-13H2,(H,18,20). The third-order valence-electron chi connectivity index (χ3n) is 4.20. The van der Waals surface area contributed by atoms with Crippen LogP contribution in [0.5, 0.6) is 0 Å². The summed E-state index contributed by atoms with van der Waals surface area (Å²) < 4.78 is 0. The van der Waals surface area contributed by atoms with Gasteiger partial charge in [-0.25, -0.2) is 0 Å². The van der Waals surface area contributed by atoms with Crippen LogP contribution in [-0.4, -0.2) is 29.9 Å². The average Bonchev–Trinajstić information content (AvgIpc) is 2.54. The Morgan fingerprint density at radius 1 is 1.19 bits per heavy atom. The van der Waals surface area contributed by atoms with Crippen molar-refractivity contribution in [1.29, 1.82) is 0 Å². The number of hydrogen-bond donors (Lipinski definition) is 2. The Morgan fingerprint density at radius 3 is 2.62 bits per heavy atom. The molecular formula is C17H25NO2S. The maximum Gasteiger partial charge on any atom is 0.220 e. The highest BCUT2D eigenvalue weighted by Gasteiger charge is 2.24. The van der Waals surface area contributed by atoms with Crippen LogP contribution in [0.2, 0.25) is 0 Å². The first-order valence-corrected chi connectivity index (χ1v) is 8.83. The van der Waals surface area contributed by atoms with E-state index >= 15 is 0 Å². The van der Waals surface area contributed by atoms with Crippen LogP contribution in [0.15, 0.2) is 35.2 Å². The highest BCUT2D eigenvalue weighted by molar-refractivity contribution is 7.99. The fourth-order valence-corrected chi connectivity index (χ4v) is 3.78. The third-order valence-corrected chi connectivity index (χ3v) is 5.22. The molecule has 1 aliphatic rings. The largest absolute Gasteiger partial charge is 0.396 e. The van der Waals surface area contributed by atoms with Crippen LogP contribution in [0.1, 0.15) is 32.1 Å². The molecular weight excluding hydrogens is 282 g/mol. The third kappa shape index (κ3) is 5.71.